The largest absolute Gasteiger partial charge is 0.409 e. The number of rotatable bonds is 2. The van der Waals surface area contributed by atoms with E-state index >= 15 is 0 Å². The number of aromatic nitrogens is 2. The number of benzene rings is 1. The second-order valence-corrected chi connectivity index (χ2v) is 4.73. The molecule has 5 nitrogen and oxygen atoms in total. The van der Waals surface area contributed by atoms with E-state index in [1.54, 1.807) is 17.4 Å². The molecule has 90 valence electrons. The fourth-order valence-electron chi connectivity index (χ4n) is 1.76. The van der Waals surface area contributed by atoms with Crippen molar-refractivity contribution >= 4 is 28.2 Å². The van der Waals surface area contributed by atoms with Crippen LogP contribution in [0.25, 0.3) is 21.7 Å². The summed E-state index contributed by atoms with van der Waals surface area (Å²) in [4.78, 5) is 8.80. The first kappa shape index (κ1) is 10.8. The van der Waals surface area contributed by atoms with E-state index in [1.807, 2.05) is 29.6 Å². The van der Waals surface area contributed by atoms with Crippen LogP contribution in [0.2, 0.25) is 0 Å². The SMILES string of the molecule is NC(=NO)c1ccc2nc(-c3cccs3)[nH]c2c1. The Hall–Kier alpha value is -2.34. The van der Waals surface area contributed by atoms with E-state index in [2.05, 4.69) is 15.1 Å². The molecule has 0 bridgehead atoms. The van der Waals surface area contributed by atoms with Gasteiger partial charge in [-0.15, -0.1) is 11.3 Å². The lowest BCUT2D eigenvalue weighted by Gasteiger charge is -1.96. The fraction of sp³-hybridized carbons (Fsp3) is 0. The van der Waals surface area contributed by atoms with Gasteiger partial charge in [-0.3, -0.25) is 0 Å². The molecule has 4 N–H and O–H groups in total. The van der Waals surface area contributed by atoms with Gasteiger partial charge in [-0.1, -0.05) is 11.2 Å². The maximum Gasteiger partial charge on any atom is 0.170 e. The Morgan fingerprint density at radius 3 is 3.00 bits per heavy atom. The zero-order chi connectivity index (χ0) is 12.5. The second kappa shape index (κ2) is 4.15. The lowest BCUT2D eigenvalue weighted by atomic mass is 10.2. The second-order valence-electron chi connectivity index (χ2n) is 3.78. The van der Waals surface area contributed by atoms with Gasteiger partial charge in [0.1, 0.15) is 5.82 Å². The number of amidine groups is 1. The maximum absolute atomic E-state index is 8.65. The summed E-state index contributed by atoms with van der Waals surface area (Å²) in [6.45, 7) is 0. The standard InChI is InChI=1S/C12H10N4OS/c13-11(16-17)7-3-4-8-9(6-7)15-12(14-8)10-2-1-5-18-10/h1-6,17H,(H2,13,16)(H,14,15). The van der Waals surface area contributed by atoms with Crippen molar-refractivity contribution in [3.8, 4) is 10.7 Å². The molecule has 0 aliphatic carbocycles. The summed E-state index contributed by atoms with van der Waals surface area (Å²) in [5.74, 6) is 0.917. The Balaban J connectivity index is 2.13. The van der Waals surface area contributed by atoms with Gasteiger partial charge >= 0.3 is 0 Å². The van der Waals surface area contributed by atoms with E-state index in [0.717, 1.165) is 21.7 Å². The van der Waals surface area contributed by atoms with E-state index in [0.29, 0.717) is 5.56 Å². The van der Waals surface area contributed by atoms with Crippen LogP contribution in [0, 0.1) is 0 Å². The third-order valence-electron chi connectivity index (χ3n) is 2.64. The highest BCUT2D eigenvalue weighted by Crippen LogP contribution is 2.24. The normalized spacial score (nSPS) is 12.1. The minimum Gasteiger partial charge on any atom is -0.409 e. The average Bonchev–Trinajstić information content (AvgIpc) is 3.04. The van der Waals surface area contributed by atoms with Gasteiger partial charge in [0, 0.05) is 5.56 Å². The number of nitrogens with zero attached hydrogens (tertiary/aromatic N) is 2. The first-order valence-electron chi connectivity index (χ1n) is 5.29. The highest BCUT2D eigenvalue weighted by Gasteiger charge is 2.07. The van der Waals surface area contributed by atoms with Crippen LogP contribution in [-0.4, -0.2) is 21.0 Å². The number of oxime groups is 1. The van der Waals surface area contributed by atoms with Crippen LogP contribution in [-0.2, 0) is 0 Å². The van der Waals surface area contributed by atoms with Gasteiger partial charge in [-0.05, 0) is 29.6 Å². The lowest BCUT2D eigenvalue weighted by molar-refractivity contribution is 0.318. The number of thiophene rings is 1. The van der Waals surface area contributed by atoms with Crippen molar-refractivity contribution in [2.75, 3.05) is 0 Å². The summed E-state index contributed by atoms with van der Waals surface area (Å²) in [6, 6.07) is 9.42. The molecular weight excluding hydrogens is 248 g/mol. The molecule has 0 radical (unpaired) electrons. The van der Waals surface area contributed by atoms with E-state index in [4.69, 9.17) is 10.9 Å². The van der Waals surface area contributed by atoms with E-state index in [9.17, 15) is 0 Å². The van der Waals surface area contributed by atoms with Gasteiger partial charge < -0.3 is 15.9 Å². The Morgan fingerprint density at radius 1 is 1.39 bits per heavy atom. The number of fused-ring (bicyclic) bond motifs is 1. The highest BCUT2D eigenvalue weighted by molar-refractivity contribution is 7.13. The quantitative estimate of drug-likeness (QED) is 0.285. The molecule has 2 aromatic heterocycles. The molecule has 2 heterocycles. The van der Waals surface area contributed by atoms with Gasteiger partial charge in [0.25, 0.3) is 0 Å². The summed E-state index contributed by atoms with van der Waals surface area (Å²) in [7, 11) is 0. The third kappa shape index (κ3) is 1.72. The molecule has 0 fully saturated rings. The maximum atomic E-state index is 8.65. The summed E-state index contributed by atoms with van der Waals surface area (Å²) >= 11 is 1.62. The van der Waals surface area contributed by atoms with Gasteiger partial charge in [0.2, 0.25) is 0 Å². The predicted molar refractivity (Wildman–Crippen MR) is 71.9 cm³/mol. The molecule has 1 aromatic carbocycles. The van der Waals surface area contributed by atoms with Crippen molar-refractivity contribution in [2.24, 2.45) is 10.9 Å². The predicted octanol–water partition coefficient (Wildman–Crippen LogP) is 2.39. The van der Waals surface area contributed by atoms with E-state index in [1.165, 1.54) is 0 Å². The summed E-state index contributed by atoms with van der Waals surface area (Å²) in [6.07, 6.45) is 0. The van der Waals surface area contributed by atoms with Crippen molar-refractivity contribution in [3.05, 3.63) is 41.3 Å². The van der Waals surface area contributed by atoms with Gasteiger partial charge in [-0.2, -0.15) is 0 Å². The van der Waals surface area contributed by atoms with Crippen molar-refractivity contribution in [1.29, 1.82) is 0 Å². The number of nitrogens with one attached hydrogen (secondary N) is 1. The third-order valence-corrected chi connectivity index (χ3v) is 3.52. The molecule has 0 aliphatic heterocycles. The Bertz CT molecular complexity index is 715. The summed E-state index contributed by atoms with van der Waals surface area (Å²) in [5, 5.41) is 13.6. The summed E-state index contributed by atoms with van der Waals surface area (Å²) < 4.78 is 0. The Kier molecular flexibility index (Phi) is 2.49. The molecule has 6 heteroatoms. The van der Waals surface area contributed by atoms with Crippen LogP contribution in [0.5, 0.6) is 0 Å². The topological polar surface area (TPSA) is 87.3 Å². The van der Waals surface area contributed by atoms with Crippen molar-refractivity contribution in [3.63, 3.8) is 0 Å². The minimum atomic E-state index is 0.0872. The first-order chi connectivity index (χ1) is 8.78. The van der Waals surface area contributed by atoms with Crippen LogP contribution >= 0.6 is 11.3 Å². The van der Waals surface area contributed by atoms with Crippen molar-refractivity contribution in [1.82, 2.24) is 9.97 Å². The molecule has 0 saturated heterocycles. The molecule has 3 aromatic rings. The molecule has 18 heavy (non-hydrogen) atoms. The molecule has 0 unspecified atom stereocenters. The smallest absolute Gasteiger partial charge is 0.170 e. The summed E-state index contributed by atoms with van der Waals surface area (Å²) in [5.41, 5.74) is 7.93. The Labute approximate surface area is 107 Å². The molecule has 0 spiro atoms. The minimum absolute atomic E-state index is 0.0872. The number of hydrogen-bond donors (Lipinski definition) is 3. The van der Waals surface area contributed by atoms with Crippen LogP contribution in [0.4, 0.5) is 0 Å². The van der Waals surface area contributed by atoms with Gasteiger partial charge in [0.05, 0.1) is 15.9 Å². The zero-order valence-corrected chi connectivity index (χ0v) is 10.1. The van der Waals surface area contributed by atoms with E-state index in [-0.39, 0.29) is 5.84 Å². The van der Waals surface area contributed by atoms with Crippen LogP contribution in [0.15, 0.2) is 40.9 Å². The highest BCUT2D eigenvalue weighted by atomic mass is 32.1. The first-order valence-corrected chi connectivity index (χ1v) is 6.17. The van der Waals surface area contributed by atoms with Crippen LogP contribution in [0.1, 0.15) is 5.56 Å². The fourth-order valence-corrected chi connectivity index (χ4v) is 2.43. The molecule has 3 rings (SSSR count). The number of aromatic amines is 1. The number of imidazole rings is 1. The monoisotopic (exact) mass is 258 g/mol. The molecule has 0 saturated carbocycles. The molecular formula is C12H10N4OS. The number of nitrogens with two attached hydrogens (primary N) is 1. The average molecular weight is 258 g/mol. The molecule has 0 atom stereocenters. The van der Waals surface area contributed by atoms with Gasteiger partial charge in [-0.25, -0.2) is 4.98 Å². The van der Waals surface area contributed by atoms with Crippen LogP contribution in [0.3, 0.4) is 0 Å². The van der Waals surface area contributed by atoms with E-state index < -0.39 is 0 Å². The molecule has 0 amide bonds. The van der Waals surface area contributed by atoms with Gasteiger partial charge in [0.15, 0.2) is 5.84 Å². The van der Waals surface area contributed by atoms with Crippen LogP contribution < -0.4 is 5.73 Å². The lowest BCUT2D eigenvalue weighted by Crippen LogP contribution is -2.12. The van der Waals surface area contributed by atoms with Crippen molar-refractivity contribution in [2.45, 2.75) is 0 Å². The number of H-pyrrole nitrogens is 1. The molecule has 0 aliphatic rings. The number of hydrogen-bond acceptors (Lipinski definition) is 4. The van der Waals surface area contributed by atoms with Crippen molar-refractivity contribution < 1.29 is 5.21 Å². The Morgan fingerprint density at radius 2 is 2.28 bits per heavy atom. The zero-order valence-electron chi connectivity index (χ0n) is 9.29.